The van der Waals surface area contributed by atoms with Crippen LogP contribution in [0.4, 0.5) is 0 Å². The molecule has 0 saturated heterocycles. The Balaban J connectivity index is 2.78. The van der Waals surface area contributed by atoms with Crippen molar-refractivity contribution in [2.75, 3.05) is 28.4 Å². The number of rotatable bonds is 8. The molecular weight excluding hydrogens is 346 g/mol. The normalized spacial score (nSPS) is 11.6. The number of nitrogens with two attached hydrogens (primary N) is 1. The average Bonchev–Trinajstić information content (AvgIpc) is 2.85. The van der Waals surface area contributed by atoms with E-state index in [-0.39, 0.29) is 17.2 Å². The fourth-order valence-corrected chi connectivity index (χ4v) is 2.99. The van der Waals surface area contributed by atoms with Crippen molar-refractivity contribution in [2.24, 2.45) is 5.73 Å². The number of hydrogen-bond acceptors (Lipinski definition) is 6. The van der Waals surface area contributed by atoms with Gasteiger partial charge in [0.05, 0.1) is 28.4 Å². The molecule has 6 heteroatoms. The van der Waals surface area contributed by atoms with Crippen molar-refractivity contribution in [1.82, 2.24) is 0 Å². The maximum atomic E-state index is 12.1. The number of hydrogen-bond donors (Lipinski definition) is 1. The molecule has 2 N–H and O–H groups in total. The van der Waals surface area contributed by atoms with Gasteiger partial charge in [-0.25, -0.2) is 0 Å². The predicted octanol–water partition coefficient (Wildman–Crippen LogP) is 3.03. The first-order valence-corrected chi connectivity index (χ1v) is 8.72. The highest BCUT2D eigenvalue weighted by Gasteiger charge is 2.22. The van der Waals surface area contributed by atoms with E-state index in [0.717, 1.165) is 29.5 Å². The zero-order valence-electron chi connectivity index (χ0n) is 16.5. The molecule has 0 saturated carbocycles. The second-order valence-electron chi connectivity index (χ2n) is 6.25. The van der Waals surface area contributed by atoms with E-state index in [1.165, 1.54) is 13.2 Å². The van der Waals surface area contributed by atoms with E-state index in [1.807, 2.05) is 19.1 Å². The van der Waals surface area contributed by atoms with Gasteiger partial charge in [-0.1, -0.05) is 12.1 Å². The zero-order valence-corrected chi connectivity index (χ0v) is 16.5. The lowest BCUT2D eigenvalue weighted by Crippen LogP contribution is -2.15. The molecule has 0 unspecified atom stereocenters. The highest BCUT2D eigenvalue weighted by Crippen LogP contribution is 2.47. The number of ether oxygens (including phenoxy) is 4. The Bertz CT molecular complexity index is 849. The first kappa shape index (κ1) is 20.6. The van der Waals surface area contributed by atoms with Gasteiger partial charge in [-0.05, 0) is 49.1 Å². The summed E-state index contributed by atoms with van der Waals surface area (Å²) in [6.07, 6.45) is 1.52. The predicted molar refractivity (Wildman–Crippen MR) is 106 cm³/mol. The van der Waals surface area contributed by atoms with Crippen LogP contribution in [-0.4, -0.2) is 34.5 Å². The first-order chi connectivity index (χ1) is 13.0. The fourth-order valence-electron chi connectivity index (χ4n) is 2.99. The summed E-state index contributed by atoms with van der Waals surface area (Å²) >= 11 is 0. The summed E-state index contributed by atoms with van der Waals surface area (Å²) in [6.45, 7) is 1.97. The number of methoxy groups -OCH3 is 4. The van der Waals surface area contributed by atoms with Crippen molar-refractivity contribution >= 4 is 0 Å². The molecule has 0 spiro atoms. The van der Waals surface area contributed by atoms with E-state index < -0.39 is 0 Å². The molecule has 2 aromatic rings. The van der Waals surface area contributed by atoms with Crippen molar-refractivity contribution in [3.63, 3.8) is 0 Å². The Morgan fingerprint density at radius 1 is 0.889 bits per heavy atom. The average molecular weight is 373 g/mol. The van der Waals surface area contributed by atoms with Gasteiger partial charge < -0.3 is 24.7 Å². The van der Waals surface area contributed by atoms with Crippen LogP contribution in [0.3, 0.4) is 0 Å². The molecule has 0 fully saturated rings. The van der Waals surface area contributed by atoms with E-state index >= 15 is 0 Å². The molecule has 2 rings (SSSR count). The highest BCUT2D eigenvalue weighted by molar-refractivity contribution is 5.79. The Morgan fingerprint density at radius 2 is 1.52 bits per heavy atom. The van der Waals surface area contributed by atoms with Gasteiger partial charge in [-0.2, -0.15) is 0 Å². The van der Waals surface area contributed by atoms with E-state index in [0.29, 0.717) is 17.2 Å². The molecule has 0 aliphatic heterocycles. The molecule has 146 valence electrons. The summed E-state index contributed by atoms with van der Waals surface area (Å²) in [5.41, 5.74) is 8.42. The molecule has 2 aromatic carbocycles. The third-order valence-corrected chi connectivity index (χ3v) is 4.36. The SMILES string of the molecule is COc1cc(CC[C@@H](C)N)c(-c2ccc(OC)c(=O)cc2)c(OC)c1OC. The quantitative estimate of drug-likeness (QED) is 0.766. The minimum atomic E-state index is -0.194. The van der Waals surface area contributed by atoms with Crippen molar-refractivity contribution in [1.29, 1.82) is 0 Å². The highest BCUT2D eigenvalue weighted by atomic mass is 16.5. The smallest absolute Gasteiger partial charge is 0.220 e. The van der Waals surface area contributed by atoms with E-state index in [9.17, 15) is 4.79 Å². The van der Waals surface area contributed by atoms with Gasteiger partial charge in [-0.3, -0.25) is 4.79 Å². The van der Waals surface area contributed by atoms with Crippen LogP contribution >= 0.6 is 0 Å². The van der Waals surface area contributed by atoms with Crippen LogP contribution in [0.1, 0.15) is 18.9 Å². The molecular formula is C21H27NO5. The second kappa shape index (κ2) is 9.28. The maximum absolute atomic E-state index is 12.1. The second-order valence-corrected chi connectivity index (χ2v) is 6.25. The summed E-state index contributed by atoms with van der Waals surface area (Å²) in [4.78, 5) is 12.1. The molecule has 0 aliphatic rings. The standard InChI is InChI=1S/C21H27NO5/c1-13(22)6-7-15-12-18(25-3)20(26-4)21(27-5)19(15)14-8-10-16(23)17(24-2)11-9-14/h8-13H,6-7,22H2,1-5H3/t13-/m1/s1. The van der Waals surface area contributed by atoms with Crippen LogP contribution < -0.4 is 30.1 Å². The number of aryl methyl sites for hydroxylation is 1. The molecule has 0 radical (unpaired) electrons. The lowest BCUT2D eigenvalue weighted by Gasteiger charge is -2.20. The summed E-state index contributed by atoms with van der Waals surface area (Å²) < 4.78 is 21.8. The maximum Gasteiger partial charge on any atom is 0.220 e. The molecule has 0 aromatic heterocycles. The van der Waals surface area contributed by atoms with E-state index in [2.05, 4.69) is 0 Å². The Kier molecular flexibility index (Phi) is 7.07. The van der Waals surface area contributed by atoms with Crippen LogP contribution in [0.15, 0.2) is 35.1 Å². The molecule has 0 heterocycles. The monoisotopic (exact) mass is 373 g/mol. The van der Waals surface area contributed by atoms with Crippen molar-refractivity contribution < 1.29 is 18.9 Å². The van der Waals surface area contributed by atoms with Gasteiger partial charge in [-0.15, -0.1) is 0 Å². The van der Waals surface area contributed by atoms with E-state index in [4.69, 9.17) is 24.7 Å². The van der Waals surface area contributed by atoms with Crippen LogP contribution in [-0.2, 0) is 6.42 Å². The van der Waals surface area contributed by atoms with Gasteiger partial charge >= 0.3 is 0 Å². The number of benzene rings is 1. The first-order valence-electron chi connectivity index (χ1n) is 8.72. The fraction of sp³-hybridized carbons (Fsp3) is 0.381. The van der Waals surface area contributed by atoms with Crippen molar-refractivity contribution in [3.8, 4) is 34.1 Å². The minimum absolute atomic E-state index is 0.0529. The van der Waals surface area contributed by atoms with Gasteiger partial charge in [0.1, 0.15) is 0 Å². The molecule has 0 bridgehead atoms. The summed E-state index contributed by atoms with van der Waals surface area (Å²) in [5.74, 6) is 1.91. The molecule has 0 aliphatic carbocycles. The Hall–Kier alpha value is -2.73. The summed E-state index contributed by atoms with van der Waals surface area (Å²) in [5, 5.41) is 0. The summed E-state index contributed by atoms with van der Waals surface area (Å²) in [6, 6.07) is 8.71. The van der Waals surface area contributed by atoms with Gasteiger partial charge in [0.25, 0.3) is 0 Å². The third-order valence-electron chi connectivity index (χ3n) is 4.36. The van der Waals surface area contributed by atoms with Crippen molar-refractivity contribution in [2.45, 2.75) is 25.8 Å². The minimum Gasteiger partial charge on any atom is -0.493 e. The van der Waals surface area contributed by atoms with Gasteiger partial charge in [0.15, 0.2) is 17.2 Å². The van der Waals surface area contributed by atoms with Crippen molar-refractivity contribution in [3.05, 3.63) is 46.1 Å². The van der Waals surface area contributed by atoms with Gasteiger partial charge in [0.2, 0.25) is 11.2 Å². The van der Waals surface area contributed by atoms with Crippen LogP contribution in [0.25, 0.3) is 11.1 Å². The van der Waals surface area contributed by atoms with Crippen LogP contribution in [0.5, 0.6) is 23.0 Å². The van der Waals surface area contributed by atoms with Crippen LogP contribution in [0.2, 0.25) is 0 Å². The molecule has 1 atom stereocenters. The molecule has 27 heavy (non-hydrogen) atoms. The molecule has 0 amide bonds. The zero-order chi connectivity index (χ0) is 20.0. The Labute approximate surface area is 159 Å². The largest absolute Gasteiger partial charge is 0.493 e. The van der Waals surface area contributed by atoms with Gasteiger partial charge in [0, 0.05) is 11.6 Å². The topological polar surface area (TPSA) is 80.0 Å². The van der Waals surface area contributed by atoms with Crippen LogP contribution in [0, 0.1) is 0 Å². The lowest BCUT2D eigenvalue weighted by atomic mass is 9.94. The summed E-state index contributed by atoms with van der Waals surface area (Å²) in [7, 11) is 6.21. The van der Waals surface area contributed by atoms with E-state index in [1.54, 1.807) is 33.5 Å². The lowest BCUT2D eigenvalue weighted by molar-refractivity contribution is 0.324. The molecule has 6 nitrogen and oxygen atoms in total. The third kappa shape index (κ3) is 4.52. The Morgan fingerprint density at radius 3 is 2.07 bits per heavy atom.